The van der Waals surface area contributed by atoms with E-state index in [2.05, 4.69) is 16.7 Å². The standard InChI is InChI=1S/C8H10N4O3/c1-3-4-12-7(13)5(9)6(11-14)10-8(12)15-2/h3H,1,4,9H2,2H3. The van der Waals surface area contributed by atoms with E-state index in [-0.39, 0.29) is 24.1 Å². The van der Waals surface area contributed by atoms with Crippen LogP contribution < -0.4 is 16.0 Å². The lowest BCUT2D eigenvalue weighted by Crippen LogP contribution is -2.24. The number of hydrogen-bond acceptors (Lipinski definition) is 6. The molecule has 7 nitrogen and oxygen atoms in total. The van der Waals surface area contributed by atoms with E-state index in [0.717, 1.165) is 4.57 Å². The number of aromatic nitrogens is 2. The molecule has 0 fully saturated rings. The van der Waals surface area contributed by atoms with Gasteiger partial charge in [-0.1, -0.05) is 6.08 Å². The lowest BCUT2D eigenvalue weighted by molar-refractivity contribution is 0.353. The number of hydrogen-bond donors (Lipinski definition) is 1. The van der Waals surface area contributed by atoms with Gasteiger partial charge in [-0.3, -0.25) is 9.36 Å². The Kier molecular flexibility index (Phi) is 3.17. The van der Waals surface area contributed by atoms with Crippen LogP contribution >= 0.6 is 0 Å². The third-order valence-electron chi connectivity index (χ3n) is 1.73. The van der Waals surface area contributed by atoms with Crippen molar-refractivity contribution in [2.75, 3.05) is 12.8 Å². The highest BCUT2D eigenvalue weighted by Gasteiger charge is 2.14. The van der Waals surface area contributed by atoms with Gasteiger partial charge in [-0.15, -0.1) is 11.5 Å². The number of methoxy groups -OCH3 is 1. The third kappa shape index (κ3) is 1.85. The monoisotopic (exact) mass is 210 g/mol. The molecular weight excluding hydrogens is 200 g/mol. The van der Waals surface area contributed by atoms with Gasteiger partial charge in [0, 0.05) is 6.54 Å². The van der Waals surface area contributed by atoms with Gasteiger partial charge in [-0.25, -0.2) is 0 Å². The normalized spacial score (nSPS) is 9.67. The van der Waals surface area contributed by atoms with E-state index in [4.69, 9.17) is 10.5 Å². The fourth-order valence-electron chi connectivity index (χ4n) is 1.05. The summed E-state index contributed by atoms with van der Waals surface area (Å²) in [6.45, 7) is 3.67. The molecule has 7 heteroatoms. The van der Waals surface area contributed by atoms with Crippen molar-refractivity contribution in [2.24, 2.45) is 5.18 Å². The van der Waals surface area contributed by atoms with Crippen LogP contribution in [0.3, 0.4) is 0 Å². The van der Waals surface area contributed by atoms with Gasteiger partial charge in [0.2, 0.25) is 5.82 Å². The van der Waals surface area contributed by atoms with Gasteiger partial charge >= 0.3 is 6.01 Å². The van der Waals surface area contributed by atoms with Gasteiger partial charge in [0.15, 0.2) is 0 Å². The van der Waals surface area contributed by atoms with Gasteiger partial charge < -0.3 is 10.5 Å². The number of rotatable bonds is 4. The first-order valence-electron chi connectivity index (χ1n) is 4.04. The minimum Gasteiger partial charge on any atom is -0.468 e. The Hall–Kier alpha value is -2.18. The minimum atomic E-state index is -0.573. The summed E-state index contributed by atoms with van der Waals surface area (Å²) in [7, 11) is 1.33. The number of anilines is 1. The van der Waals surface area contributed by atoms with Gasteiger partial charge in [-0.2, -0.15) is 4.98 Å². The van der Waals surface area contributed by atoms with E-state index in [9.17, 15) is 9.70 Å². The van der Waals surface area contributed by atoms with Crippen LogP contribution in [-0.4, -0.2) is 16.7 Å². The maximum atomic E-state index is 11.6. The molecule has 15 heavy (non-hydrogen) atoms. The molecule has 0 spiro atoms. The molecule has 0 saturated carbocycles. The Morgan fingerprint density at radius 1 is 1.73 bits per heavy atom. The predicted molar refractivity (Wildman–Crippen MR) is 55.1 cm³/mol. The van der Waals surface area contributed by atoms with Crippen molar-refractivity contribution < 1.29 is 4.74 Å². The molecule has 0 bridgehead atoms. The molecule has 0 aliphatic rings. The van der Waals surface area contributed by atoms with E-state index in [1.807, 2.05) is 0 Å². The quantitative estimate of drug-likeness (QED) is 0.573. The smallest absolute Gasteiger partial charge is 0.301 e. The third-order valence-corrected chi connectivity index (χ3v) is 1.73. The van der Waals surface area contributed by atoms with Crippen LogP contribution in [0.25, 0.3) is 0 Å². The van der Waals surface area contributed by atoms with Crippen molar-refractivity contribution in [2.45, 2.75) is 6.54 Å². The molecule has 0 saturated heterocycles. The lowest BCUT2D eigenvalue weighted by atomic mass is 10.4. The first kappa shape index (κ1) is 10.9. The van der Waals surface area contributed by atoms with Crippen LogP contribution in [0.15, 0.2) is 22.6 Å². The molecule has 2 N–H and O–H groups in total. The second-order valence-electron chi connectivity index (χ2n) is 2.63. The van der Waals surface area contributed by atoms with Crippen molar-refractivity contribution in [3.8, 4) is 6.01 Å². The molecule has 1 aromatic rings. The molecule has 1 aromatic heterocycles. The van der Waals surface area contributed by atoms with Gasteiger partial charge in [0.1, 0.15) is 5.69 Å². The van der Waals surface area contributed by atoms with Crippen molar-refractivity contribution in [3.63, 3.8) is 0 Å². The van der Waals surface area contributed by atoms with E-state index in [1.54, 1.807) is 0 Å². The number of nitrogens with zero attached hydrogens (tertiary/aromatic N) is 3. The average Bonchev–Trinajstić information content (AvgIpc) is 2.25. The van der Waals surface area contributed by atoms with Gasteiger partial charge in [0.25, 0.3) is 5.56 Å². The number of nitrogen functional groups attached to an aromatic ring is 1. The van der Waals surface area contributed by atoms with Crippen molar-refractivity contribution in [3.05, 3.63) is 27.9 Å². The number of allylic oxidation sites excluding steroid dienone is 1. The second-order valence-corrected chi connectivity index (χ2v) is 2.63. The number of nitrogens with two attached hydrogens (primary N) is 1. The molecule has 0 amide bonds. The highest BCUT2D eigenvalue weighted by molar-refractivity contribution is 5.56. The average molecular weight is 210 g/mol. The Morgan fingerprint density at radius 2 is 2.40 bits per heavy atom. The minimum absolute atomic E-state index is 0.0244. The molecule has 1 rings (SSSR count). The van der Waals surface area contributed by atoms with Crippen molar-refractivity contribution in [1.82, 2.24) is 9.55 Å². The Morgan fingerprint density at radius 3 is 2.87 bits per heavy atom. The number of nitroso groups, excluding NO2 is 1. The fourth-order valence-corrected chi connectivity index (χ4v) is 1.05. The zero-order valence-electron chi connectivity index (χ0n) is 8.14. The molecule has 0 atom stereocenters. The summed E-state index contributed by atoms with van der Waals surface area (Å²) in [6, 6.07) is -0.0244. The van der Waals surface area contributed by atoms with Crippen LogP contribution in [0.5, 0.6) is 6.01 Å². The van der Waals surface area contributed by atoms with E-state index >= 15 is 0 Å². The van der Waals surface area contributed by atoms with Gasteiger partial charge in [-0.05, 0) is 5.18 Å². The SMILES string of the molecule is C=CCn1c(OC)nc(N=O)c(N)c1=O. The summed E-state index contributed by atoms with van der Waals surface area (Å²) < 4.78 is 5.98. The van der Waals surface area contributed by atoms with Crippen LogP contribution in [0.4, 0.5) is 11.5 Å². The van der Waals surface area contributed by atoms with Crippen LogP contribution in [0.2, 0.25) is 0 Å². The molecular formula is C8H10N4O3. The lowest BCUT2D eigenvalue weighted by Gasteiger charge is -2.09. The molecule has 0 unspecified atom stereocenters. The van der Waals surface area contributed by atoms with Crippen LogP contribution in [0.1, 0.15) is 0 Å². The van der Waals surface area contributed by atoms with E-state index in [0.29, 0.717) is 0 Å². The predicted octanol–water partition coefficient (Wildman–Crippen LogP) is 0.418. The largest absolute Gasteiger partial charge is 0.468 e. The maximum Gasteiger partial charge on any atom is 0.301 e. The fraction of sp³-hybridized carbons (Fsp3) is 0.250. The maximum absolute atomic E-state index is 11.6. The van der Waals surface area contributed by atoms with E-state index in [1.165, 1.54) is 13.2 Å². The summed E-state index contributed by atoms with van der Waals surface area (Å²) in [5.74, 6) is -0.364. The van der Waals surface area contributed by atoms with Gasteiger partial charge in [0.05, 0.1) is 7.11 Å². The van der Waals surface area contributed by atoms with Crippen LogP contribution in [-0.2, 0) is 6.54 Å². The number of ether oxygens (including phenoxy) is 1. The van der Waals surface area contributed by atoms with Crippen molar-refractivity contribution >= 4 is 11.5 Å². The molecule has 0 aliphatic heterocycles. The summed E-state index contributed by atoms with van der Waals surface area (Å²) in [5, 5.41) is 2.54. The molecule has 80 valence electrons. The topological polar surface area (TPSA) is 99.6 Å². The Balaban J connectivity index is 3.50. The zero-order valence-corrected chi connectivity index (χ0v) is 8.14. The summed E-state index contributed by atoms with van der Waals surface area (Å²) >= 11 is 0. The first-order valence-corrected chi connectivity index (χ1v) is 4.04. The second kappa shape index (κ2) is 4.36. The van der Waals surface area contributed by atoms with Crippen LogP contribution in [0, 0.1) is 4.91 Å². The summed E-state index contributed by atoms with van der Waals surface area (Å²) in [4.78, 5) is 25.6. The zero-order chi connectivity index (χ0) is 11.4. The summed E-state index contributed by atoms with van der Waals surface area (Å²) in [5.41, 5.74) is 4.50. The summed E-state index contributed by atoms with van der Waals surface area (Å²) in [6.07, 6.45) is 1.49. The Bertz CT molecular complexity index is 452. The molecule has 0 aliphatic carbocycles. The first-order chi connectivity index (χ1) is 7.15. The van der Waals surface area contributed by atoms with Crippen molar-refractivity contribution in [1.29, 1.82) is 0 Å². The molecule has 0 radical (unpaired) electrons. The Labute approximate surface area is 85.2 Å². The highest BCUT2D eigenvalue weighted by atomic mass is 16.5. The molecule has 0 aromatic carbocycles. The van der Waals surface area contributed by atoms with E-state index < -0.39 is 5.56 Å². The molecule has 1 heterocycles. The highest BCUT2D eigenvalue weighted by Crippen LogP contribution is 2.17.